The van der Waals surface area contributed by atoms with Crippen LogP contribution in [0.3, 0.4) is 0 Å². The van der Waals surface area contributed by atoms with Crippen LogP contribution < -0.4 is 10.6 Å². The van der Waals surface area contributed by atoms with Crippen molar-refractivity contribution in [1.29, 1.82) is 0 Å². The van der Waals surface area contributed by atoms with Gasteiger partial charge in [-0.05, 0) is 48.3 Å². The molecular formula is C25H30N2O7. The van der Waals surface area contributed by atoms with Gasteiger partial charge >= 0.3 is 0 Å². The van der Waals surface area contributed by atoms with E-state index in [4.69, 9.17) is 5.73 Å². The number of primary amides is 1. The van der Waals surface area contributed by atoms with Crippen molar-refractivity contribution in [3.8, 4) is 5.75 Å². The number of aliphatic hydroxyl groups excluding tert-OH is 2. The number of carbonyl (C=O) groups excluding carboxylic acids is 3. The number of hydrogen-bond acceptors (Lipinski definition) is 8. The standard InChI is InChI=1S/C25H30N2O7/c1-10(2)5-12-8-15(27(3)4)14-7-11-6-13-9-16(28)19(24(26)33)23(32)25(13,34)22(31)17(11)21(30)18(14)20(12)29/h8,10-11,13,28-29,31,34H,5-7,9H2,1-4H3,(H2,26,33)/t11-,13+,25+/m1/s1. The summed E-state index contributed by atoms with van der Waals surface area (Å²) in [4.78, 5) is 40.4. The fourth-order valence-electron chi connectivity index (χ4n) is 5.72. The van der Waals surface area contributed by atoms with Crippen molar-refractivity contribution in [2.45, 2.75) is 45.1 Å². The first kappa shape index (κ1) is 23.8. The topological polar surface area (TPSA) is 161 Å². The number of allylic oxidation sites excluding steroid dienone is 2. The van der Waals surface area contributed by atoms with Crippen LogP contribution in [0.4, 0.5) is 5.69 Å². The third-order valence-electron chi connectivity index (χ3n) is 7.23. The molecule has 0 unspecified atom stereocenters. The van der Waals surface area contributed by atoms with Crippen molar-refractivity contribution < 1.29 is 34.8 Å². The van der Waals surface area contributed by atoms with E-state index in [9.17, 15) is 34.8 Å². The Morgan fingerprint density at radius 1 is 1.21 bits per heavy atom. The molecule has 0 bridgehead atoms. The second-order valence-electron chi connectivity index (χ2n) is 10.2. The first-order valence-electron chi connectivity index (χ1n) is 11.3. The van der Waals surface area contributed by atoms with Crippen LogP contribution in [0.2, 0.25) is 0 Å². The highest BCUT2D eigenvalue weighted by Gasteiger charge is 2.59. The number of Topliss-reactive ketones (excluding diaryl/α,β-unsaturated/α-hetero) is 2. The molecule has 0 fully saturated rings. The molecule has 0 spiro atoms. The van der Waals surface area contributed by atoms with Gasteiger partial charge in [0.2, 0.25) is 5.78 Å². The van der Waals surface area contributed by atoms with Gasteiger partial charge in [-0.15, -0.1) is 0 Å². The maximum Gasteiger partial charge on any atom is 0.255 e. The molecule has 3 atom stereocenters. The van der Waals surface area contributed by atoms with E-state index in [1.165, 1.54) is 0 Å². The Kier molecular flexibility index (Phi) is 5.51. The molecule has 182 valence electrons. The van der Waals surface area contributed by atoms with E-state index in [1.807, 2.05) is 38.9 Å². The lowest BCUT2D eigenvalue weighted by Crippen LogP contribution is -2.57. The van der Waals surface area contributed by atoms with Crippen LogP contribution in [0, 0.1) is 17.8 Å². The highest BCUT2D eigenvalue weighted by atomic mass is 16.3. The highest BCUT2D eigenvalue weighted by Crippen LogP contribution is 2.52. The molecule has 0 saturated heterocycles. The zero-order valence-electron chi connectivity index (χ0n) is 19.7. The van der Waals surface area contributed by atoms with E-state index in [2.05, 4.69) is 0 Å². The number of rotatable bonds is 4. The number of aromatic hydroxyl groups is 1. The summed E-state index contributed by atoms with van der Waals surface area (Å²) in [7, 11) is 3.68. The molecule has 0 heterocycles. The van der Waals surface area contributed by atoms with Gasteiger partial charge in [-0.25, -0.2) is 0 Å². The van der Waals surface area contributed by atoms with Gasteiger partial charge in [0.1, 0.15) is 22.8 Å². The van der Waals surface area contributed by atoms with E-state index in [0.717, 1.165) is 5.69 Å². The van der Waals surface area contributed by atoms with Crippen LogP contribution in [0.25, 0.3) is 0 Å². The van der Waals surface area contributed by atoms with Crippen molar-refractivity contribution in [1.82, 2.24) is 0 Å². The Bertz CT molecular complexity index is 1190. The number of anilines is 1. The molecule has 9 heteroatoms. The van der Waals surface area contributed by atoms with Crippen molar-refractivity contribution in [2.24, 2.45) is 23.5 Å². The van der Waals surface area contributed by atoms with Gasteiger partial charge < -0.3 is 31.1 Å². The lowest BCUT2D eigenvalue weighted by molar-refractivity contribution is -0.144. The third-order valence-corrected chi connectivity index (χ3v) is 7.23. The van der Waals surface area contributed by atoms with Gasteiger partial charge in [-0.2, -0.15) is 0 Å². The van der Waals surface area contributed by atoms with E-state index in [0.29, 0.717) is 17.5 Å². The average Bonchev–Trinajstić information content (AvgIpc) is 2.71. The second-order valence-corrected chi connectivity index (χ2v) is 10.2. The van der Waals surface area contributed by atoms with Gasteiger partial charge in [0.05, 0.1) is 5.56 Å². The Morgan fingerprint density at radius 2 is 1.85 bits per heavy atom. The van der Waals surface area contributed by atoms with E-state index >= 15 is 0 Å². The molecular weight excluding hydrogens is 440 g/mol. The molecule has 9 nitrogen and oxygen atoms in total. The first-order valence-corrected chi connectivity index (χ1v) is 11.3. The van der Waals surface area contributed by atoms with Crippen molar-refractivity contribution in [2.75, 3.05) is 19.0 Å². The van der Waals surface area contributed by atoms with E-state index < -0.39 is 52.0 Å². The molecule has 4 rings (SSSR count). The number of carbonyl (C=O) groups is 3. The van der Waals surface area contributed by atoms with Crippen molar-refractivity contribution in [3.63, 3.8) is 0 Å². The first-order chi connectivity index (χ1) is 15.8. The van der Waals surface area contributed by atoms with Crippen LogP contribution in [-0.2, 0) is 22.4 Å². The predicted octanol–water partition coefficient (Wildman–Crippen LogP) is 1.84. The Morgan fingerprint density at radius 3 is 2.41 bits per heavy atom. The Balaban J connectivity index is 1.93. The molecule has 0 aromatic heterocycles. The smallest absolute Gasteiger partial charge is 0.255 e. The molecule has 34 heavy (non-hydrogen) atoms. The fourth-order valence-corrected chi connectivity index (χ4v) is 5.72. The van der Waals surface area contributed by atoms with Crippen LogP contribution >= 0.6 is 0 Å². The molecule has 0 saturated carbocycles. The monoisotopic (exact) mass is 470 g/mol. The summed E-state index contributed by atoms with van der Waals surface area (Å²) >= 11 is 0. The summed E-state index contributed by atoms with van der Waals surface area (Å²) in [6, 6.07) is 1.87. The minimum Gasteiger partial charge on any atom is -0.511 e. The number of nitrogens with zero attached hydrogens (tertiary/aromatic N) is 1. The number of amides is 1. The van der Waals surface area contributed by atoms with Crippen molar-refractivity contribution in [3.05, 3.63) is 45.4 Å². The zero-order valence-corrected chi connectivity index (χ0v) is 19.7. The Labute approximate surface area is 197 Å². The van der Waals surface area contributed by atoms with Crippen LogP contribution in [0.5, 0.6) is 5.75 Å². The highest BCUT2D eigenvalue weighted by molar-refractivity contribution is 6.24. The maximum atomic E-state index is 13.7. The minimum atomic E-state index is -2.55. The fraction of sp³-hybridized carbons (Fsp3) is 0.480. The van der Waals surface area contributed by atoms with Gasteiger partial charge in [-0.1, -0.05) is 13.8 Å². The number of phenolic OH excluding ortho intramolecular Hbond substituents is 1. The predicted molar refractivity (Wildman–Crippen MR) is 124 cm³/mol. The summed E-state index contributed by atoms with van der Waals surface area (Å²) in [6.45, 7) is 3.98. The SMILES string of the molecule is CC(C)Cc1cc(N(C)C)c2c(c1O)C(=O)C1=C(O)[C@]3(O)C(=O)C(C(N)=O)=C(O)C[C@@H]3C[C@@H]1C2. The zero-order chi connectivity index (χ0) is 25.3. The summed E-state index contributed by atoms with van der Waals surface area (Å²) in [6.07, 6.45) is 0.689. The molecule has 1 amide bonds. The minimum absolute atomic E-state index is 0.0541. The van der Waals surface area contributed by atoms with E-state index in [-0.39, 0.29) is 42.1 Å². The molecule has 1 aromatic carbocycles. The maximum absolute atomic E-state index is 13.7. The number of benzene rings is 1. The molecule has 3 aliphatic carbocycles. The summed E-state index contributed by atoms with van der Waals surface area (Å²) in [5.74, 6) is -5.91. The molecule has 0 radical (unpaired) electrons. The number of nitrogens with two attached hydrogens (primary N) is 1. The molecule has 0 aliphatic heterocycles. The normalized spacial score (nSPS) is 26.4. The van der Waals surface area contributed by atoms with E-state index in [1.54, 1.807) is 0 Å². The molecule has 6 N–H and O–H groups in total. The van der Waals surface area contributed by atoms with Crippen LogP contribution in [0.15, 0.2) is 28.7 Å². The summed E-state index contributed by atoms with van der Waals surface area (Å²) < 4.78 is 0. The average molecular weight is 471 g/mol. The van der Waals surface area contributed by atoms with Gasteiger partial charge in [-0.3, -0.25) is 14.4 Å². The lowest BCUT2D eigenvalue weighted by Gasteiger charge is -2.46. The number of aliphatic hydroxyl groups is 3. The largest absolute Gasteiger partial charge is 0.511 e. The Hall–Kier alpha value is -3.33. The summed E-state index contributed by atoms with van der Waals surface area (Å²) in [5, 5.41) is 43.8. The van der Waals surface area contributed by atoms with Gasteiger partial charge in [0, 0.05) is 37.7 Å². The number of hydrogen-bond donors (Lipinski definition) is 5. The second kappa shape index (κ2) is 7.87. The van der Waals surface area contributed by atoms with Gasteiger partial charge in [0.15, 0.2) is 11.4 Å². The van der Waals surface area contributed by atoms with Crippen LogP contribution in [0.1, 0.15) is 48.2 Å². The molecule has 3 aliphatic rings. The third kappa shape index (κ3) is 3.21. The number of fused-ring (bicyclic) bond motifs is 3. The number of phenols is 1. The van der Waals surface area contributed by atoms with Gasteiger partial charge in [0.25, 0.3) is 5.91 Å². The number of ketones is 2. The van der Waals surface area contributed by atoms with Crippen LogP contribution in [-0.4, -0.2) is 57.6 Å². The lowest BCUT2D eigenvalue weighted by atomic mass is 9.60. The summed E-state index contributed by atoms with van der Waals surface area (Å²) in [5.41, 5.74) is 3.81. The quantitative estimate of drug-likeness (QED) is 0.417. The van der Waals surface area contributed by atoms with Crippen molar-refractivity contribution >= 4 is 23.2 Å². The molecule has 1 aromatic rings.